The molecule has 0 saturated heterocycles. The van der Waals surface area contributed by atoms with Gasteiger partial charge in [-0.25, -0.2) is 0 Å². The second-order valence-corrected chi connectivity index (χ2v) is 1.97. The van der Waals surface area contributed by atoms with Crippen molar-refractivity contribution in [2.24, 2.45) is 0 Å². The molecule has 0 atom stereocenters. The van der Waals surface area contributed by atoms with E-state index in [1.807, 2.05) is 26.0 Å². The molecule has 48 valence electrons. The molecule has 0 aliphatic carbocycles. The molecular formula is C8H11N. The molecule has 0 aromatic rings. The first kappa shape index (κ1) is 7.97. The second-order valence-electron chi connectivity index (χ2n) is 1.97. The van der Waals surface area contributed by atoms with E-state index < -0.39 is 0 Å². The molecule has 0 spiro atoms. The Balaban J connectivity index is 4.17. The highest BCUT2D eigenvalue weighted by molar-refractivity contribution is 5.28. The molecular weight excluding hydrogens is 110 g/mol. The van der Waals surface area contributed by atoms with Crippen LogP contribution in [-0.4, -0.2) is 0 Å². The predicted molar refractivity (Wildman–Crippen MR) is 38.8 cm³/mol. The van der Waals surface area contributed by atoms with Gasteiger partial charge in [0, 0.05) is 5.57 Å². The summed E-state index contributed by atoms with van der Waals surface area (Å²) in [6, 6.07) is 2.05. The summed E-state index contributed by atoms with van der Waals surface area (Å²) in [5.41, 5.74) is 1.89. The summed E-state index contributed by atoms with van der Waals surface area (Å²) in [5.74, 6) is 0. The van der Waals surface area contributed by atoms with E-state index >= 15 is 0 Å². The van der Waals surface area contributed by atoms with Gasteiger partial charge in [0.1, 0.15) is 0 Å². The Hall–Kier alpha value is -1.03. The first-order chi connectivity index (χ1) is 4.20. The lowest BCUT2D eigenvalue weighted by molar-refractivity contribution is 1.39. The number of nitriles is 1. The molecule has 0 aromatic heterocycles. The van der Waals surface area contributed by atoms with Gasteiger partial charge in [-0.05, 0) is 26.8 Å². The third kappa shape index (κ3) is 3.54. The SMILES string of the molecule is C/C=C(C)\C=C(/C)C#N. The van der Waals surface area contributed by atoms with Gasteiger partial charge in [0.15, 0.2) is 0 Å². The molecule has 0 heterocycles. The molecule has 0 aliphatic heterocycles. The van der Waals surface area contributed by atoms with E-state index in [1.165, 1.54) is 0 Å². The lowest BCUT2D eigenvalue weighted by Crippen LogP contribution is -1.70. The standard InChI is InChI=1S/C8H11N/c1-4-7(2)5-8(3)6-9/h4-5H,1-3H3/b7-4-,8-5+. The Morgan fingerprint density at radius 1 is 1.44 bits per heavy atom. The van der Waals surface area contributed by atoms with Crippen molar-refractivity contribution >= 4 is 0 Å². The molecule has 0 amide bonds. The van der Waals surface area contributed by atoms with E-state index in [4.69, 9.17) is 5.26 Å². The van der Waals surface area contributed by atoms with Crippen LogP contribution in [0.4, 0.5) is 0 Å². The maximum atomic E-state index is 8.33. The monoisotopic (exact) mass is 121 g/mol. The topological polar surface area (TPSA) is 23.8 Å². The van der Waals surface area contributed by atoms with Gasteiger partial charge in [0.25, 0.3) is 0 Å². The maximum Gasteiger partial charge on any atom is 0.0944 e. The number of nitrogens with zero attached hydrogens (tertiary/aromatic N) is 1. The van der Waals surface area contributed by atoms with Crippen LogP contribution in [0.3, 0.4) is 0 Å². The summed E-state index contributed by atoms with van der Waals surface area (Å²) in [5, 5.41) is 8.33. The highest BCUT2D eigenvalue weighted by atomic mass is 14.2. The quantitative estimate of drug-likeness (QED) is 0.386. The van der Waals surface area contributed by atoms with E-state index in [2.05, 4.69) is 6.07 Å². The second kappa shape index (κ2) is 3.91. The Labute approximate surface area is 56.3 Å². The average Bonchev–Trinajstić information content (AvgIpc) is 1.87. The summed E-state index contributed by atoms with van der Waals surface area (Å²) in [6.07, 6.45) is 3.83. The smallest absolute Gasteiger partial charge is 0.0944 e. The molecule has 0 fully saturated rings. The number of allylic oxidation sites excluding steroid dienone is 4. The van der Waals surface area contributed by atoms with Crippen molar-refractivity contribution < 1.29 is 0 Å². The van der Waals surface area contributed by atoms with Gasteiger partial charge in [0.2, 0.25) is 0 Å². The van der Waals surface area contributed by atoms with Crippen molar-refractivity contribution in [1.29, 1.82) is 5.26 Å². The van der Waals surface area contributed by atoms with Crippen molar-refractivity contribution in [2.45, 2.75) is 20.8 Å². The third-order valence-electron chi connectivity index (χ3n) is 1.08. The fourth-order valence-corrected chi connectivity index (χ4v) is 0.457. The molecule has 9 heavy (non-hydrogen) atoms. The minimum atomic E-state index is 0.755. The number of hydrogen-bond acceptors (Lipinski definition) is 1. The average molecular weight is 121 g/mol. The summed E-state index contributed by atoms with van der Waals surface area (Å²) in [7, 11) is 0. The zero-order valence-electron chi connectivity index (χ0n) is 6.10. The molecule has 0 radical (unpaired) electrons. The minimum absolute atomic E-state index is 0.755. The summed E-state index contributed by atoms with van der Waals surface area (Å²) >= 11 is 0. The van der Waals surface area contributed by atoms with Crippen molar-refractivity contribution in [3.05, 3.63) is 23.3 Å². The zero-order valence-corrected chi connectivity index (χ0v) is 6.10. The lowest BCUT2D eigenvalue weighted by Gasteiger charge is -1.86. The van der Waals surface area contributed by atoms with Crippen LogP contribution in [0.25, 0.3) is 0 Å². The van der Waals surface area contributed by atoms with E-state index in [-0.39, 0.29) is 0 Å². The molecule has 0 unspecified atom stereocenters. The van der Waals surface area contributed by atoms with Gasteiger partial charge in [-0.1, -0.05) is 11.6 Å². The lowest BCUT2D eigenvalue weighted by atomic mass is 10.2. The molecule has 1 heteroatoms. The van der Waals surface area contributed by atoms with E-state index in [0.29, 0.717) is 0 Å². The van der Waals surface area contributed by atoms with Gasteiger partial charge < -0.3 is 0 Å². The van der Waals surface area contributed by atoms with Crippen LogP contribution in [0, 0.1) is 11.3 Å². The van der Waals surface area contributed by atoms with E-state index in [1.54, 1.807) is 6.92 Å². The van der Waals surface area contributed by atoms with Gasteiger partial charge in [-0.3, -0.25) is 0 Å². The molecule has 0 saturated carbocycles. The van der Waals surface area contributed by atoms with E-state index in [0.717, 1.165) is 11.1 Å². The molecule has 0 aliphatic rings. The van der Waals surface area contributed by atoms with Gasteiger partial charge in [0.05, 0.1) is 6.07 Å². The molecule has 0 bridgehead atoms. The third-order valence-corrected chi connectivity index (χ3v) is 1.08. The van der Waals surface area contributed by atoms with Crippen molar-refractivity contribution in [3.63, 3.8) is 0 Å². The summed E-state index contributed by atoms with van der Waals surface area (Å²) in [6.45, 7) is 5.73. The Kier molecular flexibility index (Phi) is 3.46. The fourth-order valence-electron chi connectivity index (χ4n) is 0.457. The zero-order chi connectivity index (χ0) is 7.28. The van der Waals surface area contributed by atoms with Gasteiger partial charge >= 0.3 is 0 Å². The van der Waals surface area contributed by atoms with Crippen LogP contribution in [0.2, 0.25) is 0 Å². The molecule has 1 nitrogen and oxygen atoms in total. The highest BCUT2D eigenvalue weighted by Crippen LogP contribution is 1.98. The summed E-state index contributed by atoms with van der Waals surface area (Å²) < 4.78 is 0. The maximum absolute atomic E-state index is 8.33. The Morgan fingerprint density at radius 3 is 2.33 bits per heavy atom. The molecule has 0 rings (SSSR count). The fraction of sp³-hybridized carbons (Fsp3) is 0.375. The van der Waals surface area contributed by atoms with Crippen LogP contribution in [0.15, 0.2) is 23.3 Å². The van der Waals surface area contributed by atoms with Crippen LogP contribution < -0.4 is 0 Å². The first-order valence-corrected chi connectivity index (χ1v) is 2.92. The van der Waals surface area contributed by atoms with Gasteiger partial charge in [-0.2, -0.15) is 5.26 Å². The molecule has 0 aromatic carbocycles. The normalized spacial score (nSPS) is 13.1. The Bertz CT molecular complexity index is 179. The van der Waals surface area contributed by atoms with Crippen molar-refractivity contribution in [2.75, 3.05) is 0 Å². The molecule has 0 N–H and O–H groups in total. The van der Waals surface area contributed by atoms with Crippen LogP contribution >= 0.6 is 0 Å². The van der Waals surface area contributed by atoms with Crippen molar-refractivity contribution in [1.82, 2.24) is 0 Å². The number of hydrogen-bond donors (Lipinski definition) is 0. The highest BCUT2D eigenvalue weighted by Gasteiger charge is 1.82. The van der Waals surface area contributed by atoms with Crippen molar-refractivity contribution in [3.8, 4) is 6.07 Å². The largest absolute Gasteiger partial charge is 0.193 e. The summed E-state index contributed by atoms with van der Waals surface area (Å²) in [4.78, 5) is 0. The first-order valence-electron chi connectivity index (χ1n) is 2.92. The van der Waals surface area contributed by atoms with Gasteiger partial charge in [-0.15, -0.1) is 0 Å². The van der Waals surface area contributed by atoms with E-state index in [9.17, 15) is 0 Å². The Morgan fingerprint density at radius 2 is 2.00 bits per heavy atom. The predicted octanol–water partition coefficient (Wildman–Crippen LogP) is 2.42. The van der Waals surface area contributed by atoms with Crippen LogP contribution in [0.5, 0.6) is 0 Å². The van der Waals surface area contributed by atoms with Crippen LogP contribution in [0.1, 0.15) is 20.8 Å². The number of rotatable bonds is 1. The minimum Gasteiger partial charge on any atom is -0.193 e. The van der Waals surface area contributed by atoms with Crippen LogP contribution in [-0.2, 0) is 0 Å².